The average molecular weight is 479 g/mol. The van der Waals surface area contributed by atoms with Crippen molar-refractivity contribution in [2.75, 3.05) is 46.1 Å². The van der Waals surface area contributed by atoms with E-state index in [4.69, 9.17) is 9.47 Å². The lowest BCUT2D eigenvalue weighted by molar-refractivity contribution is 0.0893. The predicted molar refractivity (Wildman–Crippen MR) is 114 cm³/mol. The lowest BCUT2D eigenvalue weighted by Gasteiger charge is -2.12. The number of nitrogens with one attached hydrogen (secondary N) is 2. The highest BCUT2D eigenvalue weighted by Gasteiger charge is 2.15. The fourth-order valence-corrected chi connectivity index (χ4v) is 2.68. The van der Waals surface area contributed by atoms with Gasteiger partial charge in [-0.1, -0.05) is 18.2 Å². The number of hydrogen-bond donors (Lipinski definition) is 2. The zero-order valence-corrected chi connectivity index (χ0v) is 17.8. The highest BCUT2D eigenvalue weighted by atomic mass is 127. The van der Waals surface area contributed by atoms with Gasteiger partial charge < -0.3 is 20.1 Å². The largest absolute Gasteiger partial charge is 0.381 e. The van der Waals surface area contributed by atoms with Gasteiger partial charge >= 0.3 is 0 Å². The first-order chi connectivity index (χ1) is 12.3. The lowest BCUT2D eigenvalue weighted by atomic mass is 10.1. The molecule has 7 heteroatoms. The molecule has 0 aliphatic carbocycles. The van der Waals surface area contributed by atoms with Gasteiger partial charge in [0.2, 0.25) is 0 Å². The van der Waals surface area contributed by atoms with Crippen molar-refractivity contribution in [2.45, 2.75) is 26.2 Å². The molecule has 1 aliphatic heterocycles. The van der Waals surface area contributed by atoms with Crippen LogP contribution >= 0.6 is 24.0 Å². The fourth-order valence-electron chi connectivity index (χ4n) is 2.68. The second-order valence-corrected chi connectivity index (χ2v) is 6.19. The van der Waals surface area contributed by atoms with Crippen molar-refractivity contribution in [3.63, 3.8) is 0 Å². The van der Waals surface area contributed by atoms with Crippen LogP contribution < -0.4 is 10.6 Å². The van der Waals surface area contributed by atoms with Crippen molar-refractivity contribution >= 4 is 29.9 Å². The summed E-state index contributed by atoms with van der Waals surface area (Å²) >= 11 is 0. The molecule has 1 aromatic rings. The molecule has 2 N–H and O–H groups in total. The molecule has 1 unspecified atom stereocenters. The summed E-state index contributed by atoms with van der Waals surface area (Å²) in [5.74, 6) is 1.17. The first-order valence-corrected chi connectivity index (χ1v) is 9.20. The second kappa shape index (κ2) is 14.2. The average Bonchev–Trinajstić information content (AvgIpc) is 3.13. The van der Waals surface area contributed by atoms with Crippen LogP contribution in [0.1, 0.15) is 25.3 Å². The van der Waals surface area contributed by atoms with Crippen LogP contribution in [-0.4, -0.2) is 52.0 Å². The van der Waals surface area contributed by atoms with Crippen molar-refractivity contribution < 1.29 is 13.9 Å². The SMILES string of the molecule is CCNC(=NCCCOCC1CCOC1)NCCc1ccccc1F.I. The quantitative estimate of drug-likeness (QED) is 0.235. The zero-order valence-electron chi connectivity index (χ0n) is 15.5. The summed E-state index contributed by atoms with van der Waals surface area (Å²) in [7, 11) is 0. The number of hydrogen-bond acceptors (Lipinski definition) is 3. The number of ether oxygens (including phenoxy) is 2. The molecule has 148 valence electrons. The first kappa shape index (κ1) is 23.1. The summed E-state index contributed by atoms with van der Waals surface area (Å²) in [6.07, 6.45) is 2.62. The first-order valence-electron chi connectivity index (χ1n) is 9.20. The van der Waals surface area contributed by atoms with Crippen LogP contribution in [0.25, 0.3) is 0 Å². The molecule has 0 amide bonds. The van der Waals surface area contributed by atoms with Gasteiger partial charge in [-0.15, -0.1) is 24.0 Å². The van der Waals surface area contributed by atoms with Crippen LogP contribution in [0, 0.1) is 11.7 Å². The molecule has 1 aromatic carbocycles. The summed E-state index contributed by atoms with van der Waals surface area (Å²) < 4.78 is 24.6. The van der Waals surface area contributed by atoms with Gasteiger partial charge in [0.05, 0.1) is 13.2 Å². The maximum absolute atomic E-state index is 13.6. The van der Waals surface area contributed by atoms with Gasteiger partial charge in [0, 0.05) is 38.8 Å². The topological polar surface area (TPSA) is 54.9 Å². The minimum Gasteiger partial charge on any atom is -0.381 e. The summed E-state index contributed by atoms with van der Waals surface area (Å²) in [6, 6.07) is 6.87. The Balaban J connectivity index is 0.00000338. The Morgan fingerprint density at radius 2 is 2.19 bits per heavy atom. The Bertz CT molecular complexity index is 525. The smallest absolute Gasteiger partial charge is 0.191 e. The van der Waals surface area contributed by atoms with E-state index in [1.165, 1.54) is 6.07 Å². The molecule has 0 aromatic heterocycles. The lowest BCUT2D eigenvalue weighted by Crippen LogP contribution is -2.38. The van der Waals surface area contributed by atoms with E-state index in [9.17, 15) is 4.39 Å². The zero-order chi connectivity index (χ0) is 17.7. The third-order valence-electron chi connectivity index (χ3n) is 4.08. The van der Waals surface area contributed by atoms with Crippen LogP contribution in [0.4, 0.5) is 4.39 Å². The van der Waals surface area contributed by atoms with E-state index in [2.05, 4.69) is 15.6 Å². The minimum absolute atomic E-state index is 0. The molecular formula is C19H31FIN3O2. The van der Waals surface area contributed by atoms with Gasteiger partial charge in [-0.2, -0.15) is 0 Å². The van der Waals surface area contributed by atoms with Gasteiger partial charge in [0.25, 0.3) is 0 Å². The van der Waals surface area contributed by atoms with Gasteiger partial charge in [0.1, 0.15) is 5.82 Å². The van der Waals surface area contributed by atoms with Crippen molar-refractivity contribution in [3.8, 4) is 0 Å². The predicted octanol–water partition coefficient (Wildman–Crippen LogP) is 2.98. The van der Waals surface area contributed by atoms with Gasteiger partial charge in [-0.3, -0.25) is 4.99 Å². The van der Waals surface area contributed by atoms with Crippen LogP contribution in [0.15, 0.2) is 29.3 Å². The molecular weight excluding hydrogens is 448 g/mol. The van der Waals surface area contributed by atoms with Gasteiger partial charge in [-0.05, 0) is 37.8 Å². The Morgan fingerprint density at radius 3 is 2.92 bits per heavy atom. The Kier molecular flexibility index (Phi) is 12.6. The van der Waals surface area contributed by atoms with E-state index in [-0.39, 0.29) is 29.8 Å². The Hall–Kier alpha value is -0.930. The number of aliphatic imine (C=N–C) groups is 1. The molecule has 0 saturated carbocycles. The second-order valence-electron chi connectivity index (χ2n) is 6.19. The third-order valence-corrected chi connectivity index (χ3v) is 4.08. The highest BCUT2D eigenvalue weighted by Crippen LogP contribution is 2.12. The number of nitrogens with zero attached hydrogens (tertiary/aromatic N) is 1. The Morgan fingerprint density at radius 1 is 1.35 bits per heavy atom. The molecule has 5 nitrogen and oxygen atoms in total. The number of benzene rings is 1. The molecule has 0 bridgehead atoms. The molecule has 26 heavy (non-hydrogen) atoms. The monoisotopic (exact) mass is 479 g/mol. The van der Waals surface area contributed by atoms with Crippen molar-refractivity contribution in [2.24, 2.45) is 10.9 Å². The van der Waals surface area contributed by atoms with Crippen LogP contribution in [0.2, 0.25) is 0 Å². The Labute approximate surface area is 173 Å². The van der Waals surface area contributed by atoms with E-state index >= 15 is 0 Å². The van der Waals surface area contributed by atoms with E-state index < -0.39 is 0 Å². The summed E-state index contributed by atoms with van der Waals surface area (Å²) in [6.45, 7) is 7.36. The van der Waals surface area contributed by atoms with Crippen LogP contribution in [0.5, 0.6) is 0 Å². The molecule has 1 saturated heterocycles. The maximum Gasteiger partial charge on any atom is 0.191 e. The highest BCUT2D eigenvalue weighted by molar-refractivity contribution is 14.0. The van der Waals surface area contributed by atoms with E-state index in [0.29, 0.717) is 32.0 Å². The minimum atomic E-state index is -0.156. The molecule has 0 spiro atoms. The summed E-state index contributed by atoms with van der Waals surface area (Å²) in [5, 5.41) is 6.45. The maximum atomic E-state index is 13.6. The van der Waals surface area contributed by atoms with Crippen molar-refractivity contribution in [1.29, 1.82) is 0 Å². The number of halogens is 2. The number of guanidine groups is 1. The summed E-state index contributed by atoms with van der Waals surface area (Å²) in [4.78, 5) is 4.53. The standard InChI is InChI=1S/C19H30FN3O2.HI/c1-2-21-19(23-11-8-17-6-3-4-7-18(17)20)22-10-5-12-24-14-16-9-13-25-15-16;/h3-4,6-7,16H,2,5,8-15H2,1H3,(H2,21,22,23);1H. The molecule has 2 rings (SSSR count). The van der Waals surface area contributed by atoms with Crippen LogP contribution in [0.3, 0.4) is 0 Å². The molecule has 1 heterocycles. The van der Waals surface area contributed by atoms with Gasteiger partial charge in [-0.25, -0.2) is 4.39 Å². The van der Waals surface area contributed by atoms with E-state index in [1.807, 2.05) is 19.1 Å². The van der Waals surface area contributed by atoms with Crippen molar-refractivity contribution in [3.05, 3.63) is 35.6 Å². The summed E-state index contributed by atoms with van der Waals surface area (Å²) in [5.41, 5.74) is 0.718. The van der Waals surface area contributed by atoms with Crippen molar-refractivity contribution in [1.82, 2.24) is 10.6 Å². The van der Waals surface area contributed by atoms with E-state index in [0.717, 1.165) is 50.7 Å². The molecule has 1 aliphatic rings. The normalized spacial score (nSPS) is 17.0. The van der Waals surface area contributed by atoms with Gasteiger partial charge in [0.15, 0.2) is 5.96 Å². The third kappa shape index (κ3) is 9.14. The number of rotatable bonds is 10. The molecule has 1 fully saturated rings. The fraction of sp³-hybridized carbons (Fsp3) is 0.632. The molecule has 1 atom stereocenters. The van der Waals surface area contributed by atoms with Crippen LogP contribution in [-0.2, 0) is 15.9 Å². The molecule has 0 radical (unpaired) electrons. The van der Waals surface area contributed by atoms with E-state index in [1.54, 1.807) is 6.07 Å².